The smallest absolute Gasteiger partial charge is 0.0725 e. The molecular formula is C36H46GdN4. The van der Waals surface area contributed by atoms with Gasteiger partial charge < -0.3 is 9.97 Å². The Morgan fingerprint density at radius 2 is 0.829 bits per heavy atom. The largest absolute Gasteiger partial charge is 0.355 e. The average Bonchev–Trinajstić information content (AvgIpc) is 3.73. The van der Waals surface area contributed by atoms with E-state index in [0.717, 1.165) is 62.8 Å². The van der Waals surface area contributed by atoms with Crippen LogP contribution in [0.1, 0.15) is 124 Å². The van der Waals surface area contributed by atoms with Gasteiger partial charge in [-0.2, -0.15) is 0 Å². The third-order valence-corrected chi connectivity index (χ3v) is 8.93. The van der Waals surface area contributed by atoms with Crippen molar-refractivity contribution in [3.8, 4) is 0 Å². The summed E-state index contributed by atoms with van der Waals surface area (Å²) in [6, 6.07) is 4.47. The molecular weight excluding hydrogens is 646 g/mol. The van der Waals surface area contributed by atoms with E-state index >= 15 is 0 Å². The first-order valence-corrected chi connectivity index (χ1v) is 15.7. The molecule has 0 unspecified atom stereocenters. The zero-order valence-corrected chi connectivity index (χ0v) is 28.5. The van der Waals surface area contributed by atoms with Gasteiger partial charge in [0.05, 0.1) is 22.8 Å². The van der Waals surface area contributed by atoms with Crippen LogP contribution in [0.25, 0.3) is 45.4 Å². The summed E-state index contributed by atoms with van der Waals surface area (Å²) < 4.78 is 0. The van der Waals surface area contributed by atoms with Crippen molar-refractivity contribution >= 4 is 45.4 Å². The molecule has 5 heterocycles. The molecule has 4 nitrogen and oxygen atoms in total. The van der Waals surface area contributed by atoms with Crippen molar-refractivity contribution < 1.29 is 39.9 Å². The fourth-order valence-electron chi connectivity index (χ4n) is 7.12. The van der Waals surface area contributed by atoms with E-state index in [-0.39, 0.29) is 39.9 Å². The van der Waals surface area contributed by atoms with Gasteiger partial charge in [0.2, 0.25) is 0 Å². The minimum Gasteiger partial charge on any atom is -0.355 e. The minimum atomic E-state index is 0. The summed E-state index contributed by atoms with van der Waals surface area (Å²) >= 11 is 0. The molecule has 0 saturated carbocycles. The number of aryl methyl sites for hydroxylation is 6. The zero-order chi connectivity index (χ0) is 28.6. The molecule has 41 heavy (non-hydrogen) atoms. The summed E-state index contributed by atoms with van der Waals surface area (Å²) in [4.78, 5) is 18.4. The predicted molar refractivity (Wildman–Crippen MR) is 174 cm³/mol. The van der Waals surface area contributed by atoms with Crippen LogP contribution < -0.4 is 0 Å². The Balaban J connectivity index is 0.00000387. The Morgan fingerprint density at radius 3 is 1.15 bits per heavy atom. The summed E-state index contributed by atoms with van der Waals surface area (Å²) in [6.07, 6.45) is 12.1. The maximum absolute atomic E-state index is 5.58. The first kappa shape index (κ1) is 31.9. The Bertz CT molecular complexity index is 1560. The fraction of sp³-hybridized carbons (Fsp3) is 0.444. The van der Waals surface area contributed by atoms with E-state index < -0.39 is 0 Å². The fourth-order valence-corrected chi connectivity index (χ4v) is 7.12. The molecule has 0 fully saturated rings. The van der Waals surface area contributed by atoms with Crippen LogP contribution in [0.3, 0.4) is 0 Å². The molecule has 0 radical (unpaired) electrons. The molecule has 3 aromatic heterocycles. The molecule has 8 bridgehead atoms. The van der Waals surface area contributed by atoms with E-state index in [4.69, 9.17) is 9.97 Å². The van der Waals surface area contributed by atoms with Gasteiger partial charge >= 0.3 is 0 Å². The number of fused-ring (bicyclic) bond motifs is 8. The van der Waals surface area contributed by atoms with Crippen LogP contribution in [0.15, 0.2) is 12.1 Å². The number of aromatic amines is 2. The second kappa shape index (κ2) is 13.5. The summed E-state index contributed by atoms with van der Waals surface area (Å²) in [5.74, 6) is 0. The Morgan fingerprint density at radius 1 is 0.463 bits per heavy atom. The monoisotopic (exact) mass is 692 g/mol. The SMILES string of the molecule is CCC1=C(CC)c2nc1c(CC)c1[nH]c(cc3nc(cc4[nH]c(c2CC)c(CC)c4CC)C=C3)c(CC)c1CC.[Gd]. The number of hydrogen-bond donors (Lipinski definition) is 2. The van der Waals surface area contributed by atoms with E-state index in [1.54, 1.807) is 0 Å². The van der Waals surface area contributed by atoms with Crippen LogP contribution in [-0.4, -0.2) is 19.9 Å². The number of nitrogens with zero attached hydrogens (tertiary/aromatic N) is 2. The Hall–Kier alpha value is -2.08. The number of rotatable bonds is 8. The van der Waals surface area contributed by atoms with Crippen LogP contribution in [0.5, 0.6) is 0 Å². The van der Waals surface area contributed by atoms with Crippen molar-refractivity contribution in [1.29, 1.82) is 0 Å². The average molecular weight is 692 g/mol. The van der Waals surface area contributed by atoms with Crippen LogP contribution in [-0.2, 0) is 38.5 Å². The van der Waals surface area contributed by atoms with Crippen LogP contribution in [0, 0.1) is 39.9 Å². The first-order chi connectivity index (χ1) is 19.5. The number of allylic oxidation sites excluding steroid dienone is 2. The van der Waals surface area contributed by atoms with Gasteiger partial charge in [0, 0.05) is 73.1 Å². The molecule has 3 aromatic rings. The van der Waals surface area contributed by atoms with Gasteiger partial charge in [-0.3, -0.25) is 0 Å². The third kappa shape index (κ3) is 5.43. The molecule has 218 valence electrons. The number of nitrogens with one attached hydrogen (secondary N) is 2. The second-order valence-electron chi connectivity index (χ2n) is 10.9. The Kier molecular flexibility index (Phi) is 10.5. The van der Waals surface area contributed by atoms with Gasteiger partial charge in [0.25, 0.3) is 0 Å². The van der Waals surface area contributed by atoms with Gasteiger partial charge in [-0.15, -0.1) is 0 Å². The van der Waals surface area contributed by atoms with Gasteiger partial charge in [-0.05, 0) is 109 Å². The quantitative estimate of drug-likeness (QED) is 0.193. The van der Waals surface area contributed by atoms with Crippen LogP contribution in [0.4, 0.5) is 0 Å². The molecule has 0 aromatic carbocycles. The number of H-pyrrole nitrogens is 2. The van der Waals surface area contributed by atoms with Gasteiger partial charge in [0.15, 0.2) is 0 Å². The van der Waals surface area contributed by atoms with Crippen molar-refractivity contribution in [3.63, 3.8) is 0 Å². The summed E-state index contributed by atoms with van der Waals surface area (Å²) in [5.41, 5.74) is 20.4. The van der Waals surface area contributed by atoms with Crippen molar-refractivity contribution in [3.05, 3.63) is 68.3 Å². The maximum Gasteiger partial charge on any atom is 0.0725 e. The summed E-state index contributed by atoms with van der Waals surface area (Å²) in [7, 11) is 0. The molecule has 5 rings (SSSR count). The summed E-state index contributed by atoms with van der Waals surface area (Å²) in [5, 5.41) is 0. The molecule has 0 amide bonds. The van der Waals surface area contributed by atoms with E-state index in [9.17, 15) is 0 Å². The Labute approximate surface area is 278 Å². The van der Waals surface area contributed by atoms with Crippen molar-refractivity contribution in [2.24, 2.45) is 0 Å². The normalized spacial score (nSPS) is 12.8. The van der Waals surface area contributed by atoms with E-state index in [1.165, 1.54) is 78.0 Å². The van der Waals surface area contributed by atoms with Crippen LogP contribution in [0.2, 0.25) is 0 Å². The molecule has 2 aliphatic rings. The van der Waals surface area contributed by atoms with E-state index in [0.29, 0.717) is 0 Å². The molecule has 2 aliphatic heterocycles. The second-order valence-corrected chi connectivity index (χ2v) is 10.9. The molecule has 2 N–H and O–H groups in total. The number of hydrogen-bond acceptors (Lipinski definition) is 2. The van der Waals surface area contributed by atoms with Crippen LogP contribution >= 0.6 is 0 Å². The molecule has 5 heteroatoms. The van der Waals surface area contributed by atoms with E-state index in [1.807, 2.05) is 0 Å². The first-order valence-electron chi connectivity index (χ1n) is 15.7. The van der Waals surface area contributed by atoms with Gasteiger partial charge in [0.1, 0.15) is 0 Å². The standard InChI is InChI=1S/C36H46N4.Gd/c1-9-23-25(11-3)33-29(15-7)35-27(13-5)28(14-6)36(40-35)30(16-8)34-26(12-4)24(10-2)32(39-34)20-22-18-17-21(37-22)19-31(23)38-33;/h17-20,38-39H,9-16H2,1-8H3;. The van der Waals surface area contributed by atoms with Gasteiger partial charge in [-0.25, -0.2) is 9.97 Å². The molecule has 0 spiro atoms. The maximum atomic E-state index is 5.58. The third-order valence-electron chi connectivity index (χ3n) is 8.93. The van der Waals surface area contributed by atoms with Crippen molar-refractivity contribution in [1.82, 2.24) is 19.9 Å². The van der Waals surface area contributed by atoms with Crippen molar-refractivity contribution in [2.45, 2.75) is 107 Å². The molecule has 0 atom stereocenters. The molecule has 0 saturated heterocycles. The predicted octanol–water partition coefficient (Wildman–Crippen LogP) is 9.59. The molecule has 0 aliphatic carbocycles. The number of aromatic nitrogens is 4. The summed E-state index contributed by atoms with van der Waals surface area (Å²) in [6.45, 7) is 18.3. The van der Waals surface area contributed by atoms with Crippen molar-refractivity contribution in [2.75, 3.05) is 0 Å². The van der Waals surface area contributed by atoms with Gasteiger partial charge in [-0.1, -0.05) is 55.4 Å². The van der Waals surface area contributed by atoms with E-state index in [2.05, 4.69) is 89.6 Å². The topological polar surface area (TPSA) is 57.4 Å². The minimum absolute atomic E-state index is 0. The zero-order valence-electron chi connectivity index (χ0n) is 26.2.